The fourth-order valence-corrected chi connectivity index (χ4v) is 3.72. The molecule has 0 aliphatic rings. The highest BCUT2D eigenvalue weighted by molar-refractivity contribution is 8.02. The van der Waals surface area contributed by atoms with Crippen LogP contribution in [0.15, 0.2) is 34.9 Å². The van der Waals surface area contributed by atoms with Crippen LogP contribution >= 0.6 is 35.1 Å². The second kappa shape index (κ2) is 9.23. The minimum absolute atomic E-state index is 0.0209. The van der Waals surface area contributed by atoms with Gasteiger partial charge in [-0.1, -0.05) is 24.9 Å². The second-order valence-electron chi connectivity index (χ2n) is 3.15. The molecule has 0 saturated heterocycles. The van der Waals surface area contributed by atoms with E-state index in [1.807, 2.05) is 6.07 Å². The van der Waals surface area contributed by atoms with Crippen LogP contribution in [0.2, 0.25) is 0 Å². The summed E-state index contributed by atoms with van der Waals surface area (Å²) in [6, 6.07) is 2.02. The van der Waals surface area contributed by atoms with Gasteiger partial charge in [0.25, 0.3) is 0 Å². The summed E-state index contributed by atoms with van der Waals surface area (Å²) in [6.45, 7) is 6.56. The van der Waals surface area contributed by atoms with Crippen molar-refractivity contribution in [1.29, 1.82) is 5.26 Å². The van der Waals surface area contributed by atoms with Gasteiger partial charge in [0.2, 0.25) is 0 Å². The predicted octanol–water partition coefficient (Wildman–Crippen LogP) is 2.57. The number of ether oxygens (including phenoxy) is 2. The van der Waals surface area contributed by atoms with Gasteiger partial charge in [0.05, 0.1) is 24.0 Å². The second-order valence-corrected chi connectivity index (χ2v) is 6.13. The van der Waals surface area contributed by atoms with Crippen LogP contribution in [0, 0.1) is 11.3 Å². The Labute approximate surface area is 134 Å². The summed E-state index contributed by atoms with van der Waals surface area (Å²) in [6.07, 6.45) is 2.09. The van der Waals surface area contributed by atoms with Crippen molar-refractivity contribution in [3.8, 4) is 6.07 Å². The number of esters is 2. The summed E-state index contributed by atoms with van der Waals surface area (Å²) in [5.74, 6) is -0.870. The Morgan fingerprint density at radius 3 is 2.33 bits per heavy atom. The van der Waals surface area contributed by atoms with Crippen molar-refractivity contribution in [1.82, 2.24) is 4.37 Å². The first-order valence-electron chi connectivity index (χ1n) is 5.38. The lowest BCUT2D eigenvalue weighted by Gasteiger charge is -1.99. The van der Waals surface area contributed by atoms with Gasteiger partial charge in [-0.3, -0.25) is 9.59 Å². The molecule has 0 radical (unpaired) electrons. The number of nitriles is 1. The quantitative estimate of drug-likeness (QED) is 0.404. The highest BCUT2D eigenvalue weighted by Crippen LogP contribution is 2.34. The van der Waals surface area contributed by atoms with E-state index in [0.29, 0.717) is 14.8 Å². The highest BCUT2D eigenvalue weighted by Gasteiger charge is 2.17. The average molecular weight is 342 g/mol. The van der Waals surface area contributed by atoms with Gasteiger partial charge >= 0.3 is 11.9 Å². The Kier molecular flexibility index (Phi) is 7.60. The number of carbonyl (C=O) groups is 2. The van der Waals surface area contributed by atoms with E-state index in [0.717, 1.165) is 47.6 Å². The number of hydrogen-bond donors (Lipinski definition) is 0. The maximum atomic E-state index is 11.2. The van der Waals surface area contributed by atoms with E-state index < -0.39 is 11.9 Å². The van der Waals surface area contributed by atoms with Gasteiger partial charge < -0.3 is 9.47 Å². The topological polar surface area (TPSA) is 89.3 Å². The van der Waals surface area contributed by atoms with Crippen molar-refractivity contribution < 1.29 is 19.1 Å². The van der Waals surface area contributed by atoms with Crippen molar-refractivity contribution in [2.24, 2.45) is 0 Å². The normalized spacial score (nSPS) is 9.48. The van der Waals surface area contributed by atoms with Crippen molar-refractivity contribution in [3.63, 3.8) is 0 Å². The minimum atomic E-state index is -0.476. The Hall–Kier alpha value is -1.76. The highest BCUT2D eigenvalue weighted by atomic mass is 32.2. The van der Waals surface area contributed by atoms with E-state index >= 15 is 0 Å². The SMILES string of the molecule is C=COC(=O)CSc1nsc(SCC(=O)OC=C)c1C#N. The van der Waals surface area contributed by atoms with Crippen LogP contribution in [0.5, 0.6) is 0 Å². The van der Waals surface area contributed by atoms with Crippen LogP contribution in [-0.4, -0.2) is 27.8 Å². The molecule has 0 aliphatic carbocycles. The molecule has 0 aliphatic heterocycles. The molecule has 1 rings (SSSR count). The lowest BCUT2D eigenvalue weighted by Crippen LogP contribution is -2.02. The summed E-state index contributed by atoms with van der Waals surface area (Å²) in [7, 11) is 0. The molecule has 0 atom stereocenters. The van der Waals surface area contributed by atoms with Crippen molar-refractivity contribution in [2.75, 3.05) is 11.5 Å². The molecule has 0 unspecified atom stereocenters. The van der Waals surface area contributed by atoms with Gasteiger partial charge in [-0.25, -0.2) is 0 Å². The molecule has 21 heavy (non-hydrogen) atoms. The van der Waals surface area contributed by atoms with Gasteiger partial charge in [0.15, 0.2) is 0 Å². The van der Waals surface area contributed by atoms with E-state index in [4.69, 9.17) is 5.26 Å². The number of aromatic nitrogens is 1. The molecule has 0 N–H and O–H groups in total. The Balaban J connectivity index is 2.66. The van der Waals surface area contributed by atoms with E-state index in [9.17, 15) is 9.59 Å². The number of nitrogens with zero attached hydrogens (tertiary/aromatic N) is 2. The van der Waals surface area contributed by atoms with Gasteiger partial charge in [-0.2, -0.15) is 9.64 Å². The first-order chi connectivity index (χ1) is 10.1. The zero-order valence-corrected chi connectivity index (χ0v) is 13.2. The van der Waals surface area contributed by atoms with Crippen LogP contribution in [0.4, 0.5) is 0 Å². The van der Waals surface area contributed by atoms with Crippen molar-refractivity contribution >= 4 is 47.0 Å². The van der Waals surface area contributed by atoms with Gasteiger partial charge in [-0.05, 0) is 11.5 Å². The largest absolute Gasteiger partial charge is 0.435 e. The third-order valence-corrected chi connectivity index (χ3v) is 4.95. The maximum absolute atomic E-state index is 11.2. The van der Waals surface area contributed by atoms with Gasteiger partial charge in [0, 0.05) is 0 Å². The van der Waals surface area contributed by atoms with E-state index in [1.165, 1.54) is 0 Å². The first kappa shape index (κ1) is 17.3. The summed E-state index contributed by atoms with van der Waals surface area (Å²) >= 11 is 3.33. The monoisotopic (exact) mass is 342 g/mol. The number of thioether (sulfide) groups is 2. The lowest BCUT2D eigenvalue weighted by atomic mass is 10.4. The molecule has 0 aromatic carbocycles. The molecule has 1 aromatic heterocycles. The summed E-state index contributed by atoms with van der Waals surface area (Å²) in [4.78, 5) is 22.4. The molecule has 1 heterocycles. The minimum Gasteiger partial charge on any atom is -0.435 e. The van der Waals surface area contributed by atoms with Crippen LogP contribution in [0.1, 0.15) is 5.56 Å². The number of hydrogen-bond acceptors (Lipinski definition) is 9. The Morgan fingerprint density at radius 2 is 1.81 bits per heavy atom. The van der Waals surface area contributed by atoms with E-state index in [1.54, 1.807) is 0 Å². The average Bonchev–Trinajstić information content (AvgIpc) is 2.85. The fraction of sp³-hybridized carbons (Fsp3) is 0.167. The molecule has 0 bridgehead atoms. The van der Waals surface area contributed by atoms with Crippen molar-refractivity contribution in [2.45, 2.75) is 9.24 Å². The zero-order valence-electron chi connectivity index (χ0n) is 10.7. The molecule has 6 nitrogen and oxygen atoms in total. The molecule has 9 heteroatoms. The maximum Gasteiger partial charge on any atom is 0.321 e. The fourth-order valence-electron chi connectivity index (χ4n) is 1.06. The summed E-state index contributed by atoms with van der Waals surface area (Å²) < 4.78 is 13.8. The third kappa shape index (κ3) is 5.63. The van der Waals surface area contributed by atoms with Gasteiger partial charge in [0.1, 0.15) is 20.9 Å². The predicted molar refractivity (Wildman–Crippen MR) is 80.9 cm³/mol. The third-order valence-electron chi connectivity index (χ3n) is 1.82. The molecular weight excluding hydrogens is 332 g/mol. The summed E-state index contributed by atoms with van der Waals surface area (Å²) in [5.41, 5.74) is 0.341. The summed E-state index contributed by atoms with van der Waals surface area (Å²) in [5, 5.41) is 9.58. The number of rotatable bonds is 8. The molecule has 110 valence electrons. The van der Waals surface area contributed by atoms with Crippen LogP contribution in [0.3, 0.4) is 0 Å². The van der Waals surface area contributed by atoms with Crippen LogP contribution < -0.4 is 0 Å². The van der Waals surface area contributed by atoms with Crippen LogP contribution in [-0.2, 0) is 19.1 Å². The standard InChI is InChI=1S/C12H10N2O4S3/c1-3-17-9(15)6-19-11-8(5-13)12(21-14-11)20-7-10(16)18-4-2/h3-4H,1-2,6-7H2. The Bertz CT molecular complexity index is 548. The molecule has 0 saturated carbocycles. The molecule has 1 aromatic rings. The van der Waals surface area contributed by atoms with Gasteiger partial charge in [-0.15, -0.1) is 11.8 Å². The first-order valence-corrected chi connectivity index (χ1v) is 8.13. The molecule has 0 amide bonds. The van der Waals surface area contributed by atoms with E-state index in [-0.39, 0.29) is 11.5 Å². The molecule has 0 fully saturated rings. The molecule has 0 spiro atoms. The molecular formula is C12H10N2O4S3. The van der Waals surface area contributed by atoms with E-state index in [2.05, 4.69) is 27.0 Å². The van der Waals surface area contributed by atoms with Crippen molar-refractivity contribution in [3.05, 3.63) is 31.2 Å². The smallest absolute Gasteiger partial charge is 0.321 e. The Morgan fingerprint density at radius 1 is 1.24 bits per heavy atom. The number of carbonyl (C=O) groups excluding carboxylic acids is 2. The van der Waals surface area contributed by atoms with Crippen LogP contribution in [0.25, 0.3) is 0 Å². The lowest BCUT2D eigenvalue weighted by molar-refractivity contribution is -0.135. The zero-order chi connectivity index (χ0) is 15.7.